The predicted molar refractivity (Wildman–Crippen MR) is 77.1 cm³/mol. The Hall–Kier alpha value is -2.71. The van der Waals surface area contributed by atoms with Gasteiger partial charge in [-0.25, -0.2) is 9.97 Å². The van der Waals surface area contributed by atoms with E-state index in [-0.39, 0.29) is 12.3 Å². The number of aryl methyl sites for hydroxylation is 1. The molecule has 1 aliphatic rings. The minimum absolute atomic E-state index is 0.0336. The average molecular weight is 304 g/mol. The Bertz CT molecular complexity index is 728. The molecule has 0 saturated carbocycles. The summed E-state index contributed by atoms with van der Waals surface area (Å²) in [7, 11) is 3.09. The summed E-state index contributed by atoms with van der Waals surface area (Å²) < 4.78 is 6.32. The van der Waals surface area contributed by atoms with Gasteiger partial charge in [0, 0.05) is 20.1 Å². The lowest BCUT2D eigenvalue weighted by Crippen LogP contribution is -2.56. The molecule has 1 amide bonds. The summed E-state index contributed by atoms with van der Waals surface area (Å²) in [5.41, 5.74) is 0.674. The van der Waals surface area contributed by atoms with Crippen LogP contribution in [0.4, 0.5) is 5.82 Å². The summed E-state index contributed by atoms with van der Waals surface area (Å²) in [4.78, 5) is 34.0. The van der Waals surface area contributed by atoms with Crippen molar-refractivity contribution in [3.63, 3.8) is 0 Å². The second-order valence-corrected chi connectivity index (χ2v) is 4.98. The van der Waals surface area contributed by atoms with Crippen LogP contribution in [0.25, 0.3) is 11.0 Å². The van der Waals surface area contributed by atoms with Crippen molar-refractivity contribution in [2.75, 3.05) is 25.1 Å². The molecule has 2 aromatic heterocycles. The summed E-state index contributed by atoms with van der Waals surface area (Å²) in [5.74, 6) is -0.0577. The molecule has 1 atom stereocenters. The maximum absolute atomic E-state index is 12.1. The zero-order valence-electron chi connectivity index (χ0n) is 12.3. The number of rotatable bonds is 3. The molecule has 1 N–H and O–H groups in total. The van der Waals surface area contributed by atoms with Gasteiger partial charge in [0.1, 0.15) is 18.2 Å². The van der Waals surface area contributed by atoms with Gasteiger partial charge in [0.05, 0.1) is 25.1 Å². The van der Waals surface area contributed by atoms with Crippen molar-refractivity contribution in [3.8, 4) is 0 Å². The zero-order valence-corrected chi connectivity index (χ0v) is 12.3. The number of amides is 1. The standard InChI is InChI=1S/C13H16N6O3/c1-18-11-8(6-17-18)12(16-7-15-11)19-4-3-14-13(21)9(19)5-10(20)22-2/h6-7,9H,3-5H2,1-2H3,(H,14,21). The number of anilines is 1. The Kier molecular flexibility index (Phi) is 3.61. The molecule has 9 heteroatoms. The lowest BCUT2D eigenvalue weighted by atomic mass is 10.1. The van der Waals surface area contributed by atoms with Crippen LogP contribution < -0.4 is 10.2 Å². The minimum atomic E-state index is -0.653. The van der Waals surface area contributed by atoms with Gasteiger partial charge >= 0.3 is 5.97 Å². The quantitative estimate of drug-likeness (QED) is 0.743. The van der Waals surface area contributed by atoms with Crippen LogP contribution in [0.5, 0.6) is 0 Å². The molecular weight excluding hydrogens is 288 g/mol. The van der Waals surface area contributed by atoms with Crippen molar-refractivity contribution < 1.29 is 14.3 Å². The summed E-state index contributed by atoms with van der Waals surface area (Å²) in [6.07, 6.45) is 3.06. The molecule has 0 radical (unpaired) electrons. The largest absolute Gasteiger partial charge is 0.469 e. The summed E-state index contributed by atoms with van der Waals surface area (Å²) in [5, 5.41) is 7.67. The minimum Gasteiger partial charge on any atom is -0.469 e. The van der Waals surface area contributed by atoms with Crippen LogP contribution in [0.15, 0.2) is 12.5 Å². The van der Waals surface area contributed by atoms with E-state index in [1.807, 2.05) is 0 Å². The molecule has 0 spiro atoms. The third kappa shape index (κ3) is 2.34. The van der Waals surface area contributed by atoms with Gasteiger partial charge in [-0.1, -0.05) is 0 Å². The van der Waals surface area contributed by atoms with Gasteiger partial charge < -0.3 is 15.0 Å². The third-order valence-electron chi connectivity index (χ3n) is 3.70. The smallest absolute Gasteiger partial charge is 0.308 e. The van der Waals surface area contributed by atoms with Crippen LogP contribution in [0, 0.1) is 0 Å². The summed E-state index contributed by atoms with van der Waals surface area (Å²) >= 11 is 0. The Morgan fingerprint density at radius 3 is 3.09 bits per heavy atom. The van der Waals surface area contributed by atoms with Crippen LogP contribution in [-0.4, -0.2) is 57.9 Å². The fourth-order valence-electron chi connectivity index (χ4n) is 2.59. The van der Waals surface area contributed by atoms with E-state index in [2.05, 4.69) is 25.1 Å². The monoisotopic (exact) mass is 304 g/mol. The fourth-order valence-corrected chi connectivity index (χ4v) is 2.59. The maximum Gasteiger partial charge on any atom is 0.308 e. The third-order valence-corrected chi connectivity index (χ3v) is 3.70. The van der Waals surface area contributed by atoms with E-state index in [9.17, 15) is 9.59 Å². The summed E-state index contributed by atoms with van der Waals surface area (Å²) in [6.45, 7) is 1.04. The molecule has 3 rings (SSSR count). The first-order chi connectivity index (χ1) is 10.6. The normalized spacial score (nSPS) is 18.4. The van der Waals surface area contributed by atoms with Gasteiger partial charge in [-0.15, -0.1) is 0 Å². The molecule has 2 aromatic rings. The summed E-state index contributed by atoms with van der Waals surface area (Å²) in [6, 6.07) is -0.653. The van der Waals surface area contributed by atoms with Gasteiger partial charge in [-0.3, -0.25) is 14.3 Å². The highest BCUT2D eigenvalue weighted by Crippen LogP contribution is 2.25. The van der Waals surface area contributed by atoms with E-state index in [0.29, 0.717) is 24.6 Å². The number of esters is 1. The highest BCUT2D eigenvalue weighted by atomic mass is 16.5. The molecule has 0 bridgehead atoms. The number of carbonyl (C=O) groups excluding carboxylic acids is 2. The molecule has 0 aromatic carbocycles. The highest BCUT2D eigenvalue weighted by Gasteiger charge is 2.34. The van der Waals surface area contributed by atoms with Gasteiger partial charge in [0.25, 0.3) is 0 Å². The molecular formula is C13H16N6O3. The molecule has 0 aliphatic carbocycles. The first-order valence-electron chi connectivity index (χ1n) is 6.85. The van der Waals surface area contributed by atoms with Gasteiger partial charge in [-0.05, 0) is 0 Å². The van der Waals surface area contributed by atoms with E-state index in [1.165, 1.54) is 13.4 Å². The lowest BCUT2D eigenvalue weighted by molar-refractivity contribution is -0.143. The van der Waals surface area contributed by atoms with E-state index in [1.54, 1.807) is 22.8 Å². The Morgan fingerprint density at radius 2 is 2.32 bits per heavy atom. The lowest BCUT2D eigenvalue weighted by Gasteiger charge is -2.35. The van der Waals surface area contributed by atoms with Crippen LogP contribution >= 0.6 is 0 Å². The number of carbonyl (C=O) groups is 2. The van der Waals surface area contributed by atoms with Gasteiger partial charge in [0.2, 0.25) is 5.91 Å². The second kappa shape index (κ2) is 5.58. The molecule has 1 unspecified atom stereocenters. The Balaban J connectivity index is 2.02. The van der Waals surface area contributed by atoms with E-state index >= 15 is 0 Å². The van der Waals surface area contributed by atoms with Crippen LogP contribution in [-0.2, 0) is 21.4 Å². The number of fused-ring (bicyclic) bond motifs is 1. The Morgan fingerprint density at radius 1 is 1.50 bits per heavy atom. The van der Waals surface area contributed by atoms with Crippen molar-refractivity contribution in [3.05, 3.63) is 12.5 Å². The van der Waals surface area contributed by atoms with Crippen molar-refractivity contribution in [1.29, 1.82) is 0 Å². The highest BCUT2D eigenvalue weighted by molar-refractivity contribution is 5.94. The van der Waals surface area contributed by atoms with Crippen molar-refractivity contribution >= 4 is 28.7 Å². The van der Waals surface area contributed by atoms with Crippen molar-refractivity contribution in [1.82, 2.24) is 25.1 Å². The molecule has 1 fully saturated rings. The predicted octanol–water partition coefficient (Wildman–Crippen LogP) is -0.769. The zero-order chi connectivity index (χ0) is 15.7. The number of ether oxygens (including phenoxy) is 1. The van der Waals surface area contributed by atoms with Crippen molar-refractivity contribution in [2.45, 2.75) is 12.5 Å². The maximum atomic E-state index is 12.1. The number of hydrogen-bond acceptors (Lipinski definition) is 7. The van der Waals surface area contributed by atoms with Gasteiger partial charge in [-0.2, -0.15) is 5.10 Å². The molecule has 1 aliphatic heterocycles. The van der Waals surface area contributed by atoms with Crippen LogP contribution in [0.1, 0.15) is 6.42 Å². The molecule has 22 heavy (non-hydrogen) atoms. The molecule has 116 valence electrons. The average Bonchev–Trinajstić information content (AvgIpc) is 2.91. The van der Waals surface area contributed by atoms with Crippen molar-refractivity contribution in [2.24, 2.45) is 7.05 Å². The van der Waals surface area contributed by atoms with Crippen LogP contribution in [0.3, 0.4) is 0 Å². The SMILES string of the molecule is COC(=O)CC1C(=O)NCCN1c1ncnc2c1cnn2C. The van der Waals surface area contributed by atoms with Gasteiger partial charge in [0.15, 0.2) is 5.65 Å². The van der Waals surface area contributed by atoms with E-state index in [0.717, 1.165) is 5.39 Å². The number of methoxy groups -OCH3 is 1. The first-order valence-corrected chi connectivity index (χ1v) is 6.85. The number of nitrogens with zero attached hydrogens (tertiary/aromatic N) is 5. The van der Waals surface area contributed by atoms with Crippen LogP contribution in [0.2, 0.25) is 0 Å². The molecule has 3 heterocycles. The molecule has 9 nitrogen and oxygen atoms in total. The van der Waals surface area contributed by atoms with E-state index < -0.39 is 12.0 Å². The first kappa shape index (κ1) is 14.2. The second-order valence-electron chi connectivity index (χ2n) is 4.98. The number of nitrogens with one attached hydrogen (secondary N) is 1. The Labute approximate surface area is 126 Å². The topological polar surface area (TPSA) is 102 Å². The molecule has 1 saturated heterocycles. The number of hydrogen-bond donors (Lipinski definition) is 1. The fraction of sp³-hybridized carbons (Fsp3) is 0.462. The van der Waals surface area contributed by atoms with E-state index in [4.69, 9.17) is 0 Å². The number of aromatic nitrogens is 4. The number of piperazine rings is 1.